The molecule has 0 unspecified atom stereocenters. The summed E-state index contributed by atoms with van der Waals surface area (Å²) in [6, 6.07) is 15.1. The van der Waals surface area contributed by atoms with Gasteiger partial charge in [-0.25, -0.2) is 0 Å². The second kappa shape index (κ2) is 9.56. The van der Waals surface area contributed by atoms with Gasteiger partial charge in [0.1, 0.15) is 5.75 Å². The van der Waals surface area contributed by atoms with E-state index in [1.54, 1.807) is 12.1 Å². The van der Waals surface area contributed by atoms with Gasteiger partial charge in [-0.2, -0.15) is 0 Å². The van der Waals surface area contributed by atoms with Gasteiger partial charge in [-0.15, -0.1) is 0 Å². The minimum Gasteiger partial charge on any atom is -0.508 e. The molecular weight excluding hydrogens is 362 g/mol. The van der Waals surface area contributed by atoms with Crippen LogP contribution in [0.25, 0.3) is 0 Å². The molecule has 2 N–H and O–H groups in total. The van der Waals surface area contributed by atoms with Crippen LogP contribution >= 0.6 is 11.6 Å². The average Bonchev–Trinajstić information content (AvgIpc) is 2.68. The number of benzene rings is 2. The molecule has 3 rings (SSSR count). The second-order valence-corrected chi connectivity index (χ2v) is 7.78. The van der Waals surface area contributed by atoms with Crippen molar-refractivity contribution in [2.24, 2.45) is 0 Å². The van der Waals surface area contributed by atoms with Crippen LogP contribution in [0.4, 0.5) is 0 Å². The van der Waals surface area contributed by atoms with Crippen molar-refractivity contribution in [3.63, 3.8) is 0 Å². The first-order valence-electron chi connectivity index (χ1n) is 9.57. The number of rotatable bonds is 7. The number of hydrogen-bond acceptors (Lipinski definition) is 4. The summed E-state index contributed by atoms with van der Waals surface area (Å²) in [6.07, 6.45) is 1.57. The number of phenolic OH excluding ortho intramolecular Hbond substituents is 1. The molecule has 0 saturated carbocycles. The Hall–Kier alpha value is -1.59. The molecule has 1 heterocycles. The van der Waals surface area contributed by atoms with Gasteiger partial charge < -0.3 is 19.8 Å². The molecule has 0 aliphatic carbocycles. The summed E-state index contributed by atoms with van der Waals surface area (Å²) in [4.78, 5) is 2.30. The van der Waals surface area contributed by atoms with Crippen LogP contribution in [0.15, 0.2) is 48.5 Å². The highest BCUT2D eigenvalue weighted by atomic mass is 35.5. The maximum Gasteiger partial charge on any atom is 0.115 e. The molecule has 2 atom stereocenters. The highest BCUT2D eigenvalue weighted by Gasteiger charge is 2.22. The Morgan fingerprint density at radius 2 is 1.70 bits per heavy atom. The van der Waals surface area contributed by atoms with E-state index in [1.165, 1.54) is 5.56 Å². The fourth-order valence-electron chi connectivity index (χ4n) is 3.63. The van der Waals surface area contributed by atoms with Crippen LogP contribution in [0, 0.1) is 0 Å². The summed E-state index contributed by atoms with van der Waals surface area (Å²) >= 11 is 5.91. The Balaban J connectivity index is 1.39. The van der Waals surface area contributed by atoms with Crippen LogP contribution in [0.2, 0.25) is 5.02 Å². The quantitative estimate of drug-likeness (QED) is 0.738. The van der Waals surface area contributed by atoms with E-state index in [-0.39, 0.29) is 6.10 Å². The molecule has 5 heteroatoms. The van der Waals surface area contributed by atoms with Crippen molar-refractivity contribution >= 4 is 11.6 Å². The predicted octanol–water partition coefficient (Wildman–Crippen LogP) is 4.36. The third-order valence-electron chi connectivity index (χ3n) is 5.30. The third kappa shape index (κ3) is 5.94. The molecule has 2 aromatic carbocycles. The van der Waals surface area contributed by atoms with E-state index in [1.807, 2.05) is 43.3 Å². The SMILES string of the molecule is C[C@@H](OC[C@H](O)CN1CCC(c2ccc(O)cc2)CC1)c1ccc(Cl)cc1. The van der Waals surface area contributed by atoms with Gasteiger partial charge in [0.2, 0.25) is 0 Å². The van der Waals surface area contributed by atoms with Crippen molar-refractivity contribution in [3.05, 3.63) is 64.7 Å². The summed E-state index contributed by atoms with van der Waals surface area (Å²) in [5.41, 5.74) is 2.34. The molecule has 1 aliphatic heterocycles. The van der Waals surface area contributed by atoms with Crippen molar-refractivity contribution in [3.8, 4) is 5.75 Å². The average molecular weight is 390 g/mol. The lowest BCUT2D eigenvalue weighted by Gasteiger charge is -2.33. The van der Waals surface area contributed by atoms with Crippen LogP contribution in [-0.2, 0) is 4.74 Å². The van der Waals surface area contributed by atoms with E-state index >= 15 is 0 Å². The Morgan fingerprint density at radius 3 is 2.33 bits per heavy atom. The molecular formula is C22H28ClNO3. The summed E-state index contributed by atoms with van der Waals surface area (Å²) < 4.78 is 5.83. The Morgan fingerprint density at radius 1 is 1.07 bits per heavy atom. The first kappa shape index (κ1) is 20.2. The lowest BCUT2D eigenvalue weighted by molar-refractivity contribution is -0.0181. The van der Waals surface area contributed by atoms with E-state index < -0.39 is 6.10 Å². The number of nitrogens with zero attached hydrogens (tertiary/aromatic N) is 1. The zero-order chi connectivity index (χ0) is 19.2. The van der Waals surface area contributed by atoms with Crippen molar-refractivity contribution in [2.75, 3.05) is 26.2 Å². The minimum atomic E-state index is -0.495. The fraction of sp³-hybridized carbons (Fsp3) is 0.455. The van der Waals surface area contributed by atoms with Gasteiger partial charge in [0.15, 0.2) is 0 Å². The van der Waals surface area contributed by atoms with Crippen LogP contribution in [0.1, 0.15) is 42.9 Å². The molecule has 0 aromatic heterocycles. The van der Waals surface area contributed by atoms with Crippen LogP contribution in [-0.4, -0.2) is 47.5 Å². The minimum absolute atomic E-state index is 0.0721. The molecule has 1 aliphatic rings. The number of aromatic hydroxyl groups is 1. The maximum atomic E-state index is 10.3. The van der Waals surface area contributed by atoms with E-state index in [0.29, 0.717) is 29.8 Å². The molecule has 0 bridgehead atoms. The molecule has 0 radical (unpaired) electrons. The first-order chi connectivity index (χ1) is 13.0. The van der Waals surface area contributed by atoms with Gasteiger partial charge in [0.25, 0.3) is 0 Å². The lowest BCUT2D eigenvalue weighted by Crippen LogP contribution is -2.40. The number of aliphatic hydroxyl groups excluding tert-OH is 1. The number of β-amino-alcohol motifs (C(OH)–C–C–N with tert-alkyl or cyclic N) is 1. The van der Waals surface area contributed by atoms with Gasteiger partial charge in [-0.3, -0.25) is 0 Å². The van der Waals surface area contributed by atoms with Crippen molar-refractivity contribution in [1.82, 2.24) is 4.90 Å². The largest absolute Gasteiger partial charge is 0.508 e. The molecule has 2 aromatic rings. The summed E-state index contributed by atoms with van der Waals surface area (Å²) in [7, 11) is 0. The predicted molar refractivity (Wildman–Crippen MR) is 108 cm³/mol. The van der Waals surface area contributed by atoms with Crippen LogP contribution in [0.3, 0.4) is 0 Å². The van der Waals surface area contributed by atoms with Gasteiger partial charge in [0, 0.05) is 11.6 Å². The number of phenols is 1. The number of likely N-dealkylation sites (tertiary alicyclic amines) is 1. The summed E-state index contributed by atoms with van der Waals surface area (Å²) in [5.74, 6) is 0.840. The van der Waals surface area contributed by atoms with E-state index in [9.17, 15) is 10.2 Å². The topological polar surface area (TPSA) is 52.9 Å². The number of hydrogen-bond donors (Lipinski definition) is 2. The normalized spacial score (nSPS) is 18.3. The zero-order valence-electron chi connectivity index (χ0n) is 15.7. The molecule has 1 fully saturated rings. The smallest absolute Gasteiger partial charge is 0.115 e. The number of piperidine rings is 1. The number of halogens is 1. The van der Waals surface area contributed by atoms with E-state index in [2.05, 4.69) is 4.90 Å². The molecule has 146 valence electrons. The lowest BCUT2D eigenvalue weighted by atomic mass is 9.89. The first-order valence-corrected chi connectivity index (χ1v) is 9.95. The monoisotopic (exact) mass is 389 g/mol. The van der Waals surface area contributed by atoms with Gasteiger partial charge in [-0.1, -0.05) is 35.9 Å². The Bertz CT molecular complexity index is 697. The number of ether oxygens (including phenoxy) is 1. The third-order valence-corrected chi connectivity index (χ3v) is 5.55. The molecule has 4 nitrogen and oxygen atoms in total. The zero-order valence-corrected chi connectivity index (χ0v) is 16.5. The number of aliphatic hydroxyl groups is 1. The molecule has 27 heavy (non-hydrogen) atoms. The van der Waals surface area contributed by atoms with Crippen LogP contribution in [0.5, 0.6) is 5.75 Å². The van der Waals surface area contributed by atoms with Crippen LogP contribution < -0.4 is 0 Å². The molecule has 1 saturated heterocycles. The summed E-state index contributed by atoms with van der Waals surface area (Å²) in [6.45, 7) is 4.88. The standard InChI is InChI=1S/C22H28ClNO3/c1-16(17-2-6-20(23)7-3-17)27-15-22(26)14-24-12-10-19(11-13-24)18-4-8-21(25)9-5-18/h2-9,16,19,22,25-26H,10-15H2,1H3/t16-,22-/m1/s1. The van der Waals surface area contributed by atoms with Gasteiger partial charge in [-0.05, 0) is 74.2 Å². The van der Waals surface area contributed by atoms with E-state index in [4.69, 9.17) is 16.3 Å². The highest BCUT2D eigenvalue weighted by molar-refractivity contribution is 6.30. The van der Waals surface area contributed by atoms with Crippen molar-refractivity contribution < 1.29 is 14.9 Å². The van der Waals surface area contributed by atoms with E-state index in [0.717, 1.165) is 31.5 Å². The Labute approximate surface area is 166 Å². The fourth-order valence-corrected chi connectivity index (χ4v) is 3.76. The van der Waals surface area contributed by atoms with Crippen molar-refractivity contribution in [2.45, 2.75) is 37.9 Å². The second-order valence-electron chi connectivity index (χ2n) is 7.35. The van der Waals surface area contributed by atoms with Crippen molar-refractivity contribution in [1.29, 1.82) is 0 Å². The van der Waals surface area contributed by atoms with Gasteiger partial charge in [0.05, 0.1) is 18.8 Å². The molecule has 0 spiro atoms. The maximum absolute atomic E-state index is 10.3. The Kier molecular flexibility index (Phi) is 7.13. The highest BCUT2D eigenvalue weighted by Crippen LogP contribution is 2.29. The summed E-state index contributed by atoms with van der Waals surface area (Å²) in [5, 5.41) is 20.5. The van der Waals surface area contributed by atoms with Gasteiger partial charge >= 0.3 is 0 Å². The molecule has 0 amide bonds.